The minimum absolute atomic E-state index is 0.00926. The van der Waals surface area contributed by atoms with E-state index in [0.717, 1.165) is 13.1 Å². The number of allylic oxidation sites excluding steroid dienone is 2. The second kappa shape index (κ2) is 12.0. The van der Waals surface area contributed by atoms with E-state index in [9.17, 15) is 0 Å². The first-order valence-corrected chi connectivity index (χ1v) is 15.2. The van der Waals surface area contributed by atoms with Crippen LogP contribution in [0.4, 0.5) is 11.4 Å². The summed E-state index contributed by atoms with van der Waals surface area (Å²) in [6.07, 6.45) is 15.7. The van der Waals surface area contributed by atoms with Gasteiger partial charge in [-0.15, -0.1) is 0 Å². The highest BCUT2D eigenvalue weighted by atomic mass is 15.2. The van der Waals surface area contributed by atoms with Gasteiger partial charge in [-0.2, -0.15) is 4.58 Å². The first-order valence-electron chi connectivity index (χ1n) is 15.2. The van der Waals surface area contributed by atoms with E-state index in [4.69, 9.17) is 0 Å². The van der Waals surface area contributed by atoms with Crippen LogP contribution in [0.3, 0.4) is 0 Å². The molecule has 2 aliphatic rings. The Hall–Kier alpha value is -2.35. The summed E-state index contributed by atoms with van der Waals surface area (Å²) in [6, 6.07) is 18.3. The third-order valence-electron chi connectivity index (χ3n) is 8.84. The van der Waals surface area contributed by atoms with Gasteiger partial charge >= 0.3 is 0 Å². The van der Waals surface area contributed by atoms with Crippen molar-refractivity contribution in [3.8, 4) is 0 Å². The average Bonchev–Trinajstić information content (AvgIpc) is 3.24. The maximum atomic E-state index is 2.66. The molecule has 2 heteroatoms. The van der Waals surface area contributed by atoms with Crippen LogP contribution in [-0.2, 0) is 10.8 Å². The molecular weight excluding hydrogens is 448 g/mol. The van der Waals surface area contributed by atoms with E-state index in [1.165, 1.54) is 98.1 Å². The molecular formula is C35H51N2+. The van der Waals surface area contributed by atoms with Crippen molar-refractivity contribution in [1.29, 1.82) is 0 Å². The zero-order chi connectivity index (χ0) is 26.5. The van der Waals surface area contributed by atoms with Crippen molar-refractivity contribution in [2.24, 2.45) is 0 Å². The zero-order valence-corrected chi connectivity index (χ0v) is 24.6. The lowest BCUT2D eigenvalue weighted by Crippen LogP contribution is -2.33. The van der Waals surface area contributed by atoms with E-state index in [1.807, 2.05) is 0 Å². The molecule has 0 spiro atoms. The molecule has 0 bridgehead atoms. The Morgan fingerprint density at radius 2 is 1.27 bits per heavy atom. The maximum absolute atomic E-state index is 2.66. The summed E-state index contributed by atoms with van der Waals surface area (Å²) in [7, 11) is 0. The van der Waals surface area contributed by atoms with Crippen molar-refractivity contribution in [3.63, 3.8) is 0 Å². The third-order valence-corrected chi connectivity index (χ3v) is 8.84. The molecule has 2 heterocycles. The summed E-state index contributed by atoms with van der Waals surface area (Å²) in [5, 5.41) is 0. The Balaban J connectivity index is 1.73. The van der Waals surface area contributed by atoms with Crippen LogP contribution in [0.1, 0.15) is 117 Å². The van der Waals surface area contributed by atoms with Gasteiger partial charge in [0.05, 0.1) is 5.41 Å². The molecule has 0 fully saturated rings. The third kappa shape index (κ3) is 5.59. The molecule has 0 unspecified atom stereocenters. The van der Waals surface area contributed by atoms with Crippen LogP contribution < -0.4 is 4.90 Å². The van der Waals surface area contributed by atoms with E-state index >= 15 is 0 Å². The summed E-state index contributed by atoms with van der Waals surface area (Å²) in [5.41, 5.74) is 8.68. The van der Waals surface area contributed by atoms with Gasteiger partial charge in [-0.3, -0.25) is 0 Å². The predicted molar refractivity (Wildman–Crippen MR) is 162 cm³/mol. The van der Waals surface area contributed by atoms with Gasteiger partial charge in [-0.1, -0.05) is 109 Å². The van der Waals surface area contributed by atoms with Crippen LogP contribution in [-0.4, -0.2) is 23.4 Å². The average molecular weight is 500 g/mol. The molecule has 0 aromatic heterocycles. The van der Waals surface area contributed by atoms with Gasteiger partial charge in [0.15, 0.2) is 5.71 Å². The van der Waals surface area contributed by atoms with E-state index in [0.29, 0.717) is 0 Å². The van der Waals surface area contributed by atoms with Crippen molar-refractivity contribution in [3.05, 3.63) is 71.4 Å². The van der Waals surface area contributed by atoms with Crippen molar-refractivity contribution in [2.75, 3.05) is 18.0 Å². The minimum atomic E-state index is -0.00926. The Labute approximate surface area is 227 Å². The summed E-state index contributed by atoms with van der Waals surface area (Å²) < 4.78 is 2.66. The fourth-order valence-corrected chi connectivity index (χ4v) is 6.56. The number of fused-ring (bicyclic) bond motifs is 2. The molecule has 0 N–H and O–H groups in total. The molecule has 0 aliphatic carbocycles. The molecule has 200 valence electrons. The molecule has 0 saturated heterocycles. The molecule has 2 aromatic rings. The van der Waals surface area contributed by atoms with Crippen molar-refractivity contribution in [1.82, 2.24) is 0 Å². The fraction of sp³-hybridized carbons (Fsp3) is 0.571. The number of anilines is 1. The Morgan fingerprint density at radius 3 is 1.97 bits per heavy atom. The summed E-state index contributed by atoms with van der Waals surface area (Å²) in [4.78, 5) is 2.66. The van der Waals surface area contributed by atoms with Crippen LogP contribution >= 0.6 is 0 Å². The minimum Gasteiger partial charge on any atom is -0.344 e. The second-order valence-electron chi connectivity index (χ2n) is 12.3. The maximum Gasteiger partial charge on any atom is 0.209 e. The largest absolute Gasteiger partial charge is 0.344 e. The van der Waals surface area contributed by atoms with Crippen molar-refractivity contribution >= 4 is 17.1 Å². The molecule has 2 aliphatic heterocycles. The summed E-state index contributed by atoms with van der Waals surface area (Å²) >= 11 is 0. The highest BCUT2D eigenvalue weighted by Gasteiger charge is 2.47. The number of para-hydroxylation sites is 2. The van der Waals surface area contributed by atoms with Crippen molar-refractivity contribution in [2.45, 2.75) is 117 Å². The lowest BCUT2D eigenvalue weighted by molar-refractivity contribution is -0.438. The molecule has 2 nitrogen and oxygen atoms in total. The first kappa shape index (κ1) is 27.7. The first-order chi connectivity index (χ1) is 17.8. The van der Waals surface area contributed by atoms with Crippen molar-refractivity contribution < 1.29 is 4.58 Å². The number of nitrogens with zero attached hydrogens (tertiary/aromatic N) is 2. The van der Waals surface area contributed by atoms with Gasteiger partial charge in [-0.25, -0.2) is 0 Å². The van der Waals surface area contributed by atoms with E-state index in [2.05, 4.69) is 106 Å². The van der Waals surface area contributed by atoms with Crippen LogP contribution in [0.5, 0.6) is 0 Å². The van der Waals surface area contributed by atoms with E-state index in [1.54, 1.807) is 0 Å². The Bertz CT molecular complexity index is 1120. The summed E-state index contributed by atoms with van der Waals surface area (Å²) in [6.45, 7) is 16.5. The van der Waals surface area contributed by atoms with Gasteiger partial charge in [0.25, 0.3) is 0 Å². The lowest BCUT2D eigenvalue weighted by atomic mass is 9.78. The Morgan fingerprint density at radius 1 is 0.676 bits per heavy atom. The van der Waals surface area contributed by atoms with Gasteiger partial charge in [-0.05, 0) is 38.3 Å². The molecule has 4 rings (SSSR count). The van der Waals surface area contributed by atoms with Crippen LogP contribution in [0.15, 0.2) is 60.3 Å². The lowest BCUT2D eigenvalue weighted by Gasteiger charge is -2.28. The van der Waals surface area contributed by atoms with Crippen LogP contribution in [0.25, 0.3) is 0 Å². The molecule has 0 radical (unpaired) electrons. The van der Waals surface area contributed by atoms with E-state index < -0.39 is 0 Å². The van der Waals surface area contributed by atoms with Gasteiger partial charge in [0.2, 0.25) is 5.69 Å². The standard InChI is InChI=1S/C35H51N2/c1-7-9-11-13-19-25-36-30-23-17-15-21-28(30)34(3,4)32(36)27-33-35(5,6)29-22-16-18-24-31(29)37(33)26-20-14-12-10-8-2/h15-18,21-24,27H,7-14,19-20,25-26H2,1-6H3/q+1. The van der Waals surface area contributed by atoms with Crippen LogP contribution in [0, 0.1) is 0 Å². The number of hydrogen-bond acceptors (Lipinski definition) is 1. The number of hydrogen-bond donors (Lipinski definition) is 0. The zero-order valence-electron chi connectivity index (χ0n) is 24.6. The quantitative estimate of drug-likeness (QED) is 0.196. The summed E-state index contributed by atoms with van der Waals surface area (Å²) in [5.74, 6) is 0. The molecule has 37 heavy (non-hydrogen) atoms. The molecule has 0 amide bonds. The topological polar surface area (TPSA) is 6.25 Å². The van der Waals surface area contributed by atoms with Gasteiger partial charge in [0, 0.05) is 47.5 Å². The Kier molecular flexibility index (Phi) is 8.98. The number of rotatable bonds is 13. The monoisotopic (exact) mass is 499 g/mol. The second-order valence-corrected chi connectivity index (χ2v) is 12.3. The highest BCUT2D eigenvalue weighted by molar-refractivity contribution is 6.04. The molecule has 0 saturated carbocycles. The molecule has 0 atom stereocenters. The van der Waals surface area contributed by atoms with Gasteiger partial charge in [0.1, 0.15) is 6.54 Å². The van der Waals surface area contributed by atoms with Crippen LogP contribution in [0.2, 0.25) is 0 Å². The predicted octanol–water partition coefficient (Wildman–Crippen LogP) is 9.69. The fourth-order valence-electron chi connectivity index (χ4n) is 6.56. The SMILES string of the molecule is CCCCCCCN1C(=CC2=[N+](CCCCCCC)c3ccccc3C2(C)C)C(C)(C)c2ccccc21. The van der Waals surface area contributed by atoms with E-state index in [-0.39, 0.29) is 10.8 Å². The smallest absolute Gasteiger partial charge is 0.209 e. The molecule has 2 aromatic carbocycles. The number of unbranched alkanes of at least 4 members (excludes halogenated alkanes) is 8. The van der Waals surface area contributed by atoms with Gasteiger partial charge < -0.3 is 4.90 Å². The highest BCUT2D eigenvalue weighted by Crippen LogP contribution is 2.49. The number of benzene rings is 2. The normalized spacial score (nSPS) is 18.5.